The lowest BCUT2D eigenvalue weighted by Gasteiger charge is -2.22. The molecule has 2 N–H and O–H groups in total. The molecule has 1 aromatic rings. The van der Waals surface area contributed by atoms with E-state index >= 15 is 0 Å². The standard InChI is InChI=1S/C16H24ClN3O2/c1-4-18-15(21)11-20(5-2)16(22)12-19(3)10-13-6-8-14(17)9-7-13/h6-9H,4-5,10-12H2,1-3H3,(H,18,21)/p+1. The first kappa shape index (κ1) is 18.5. The van der Waals surface area contributed by atoms with Crippen LogP contribution in [-0.2, 0) is 16.1 Å². The highest BCUT2D eigenvalue weighted by Crippen LogP contribution is 2.08. The van der Waals surface area contributed by atoms with Crippen LogP contribution < -0.4 is 10.2 Å². The third kappa shape index (κ3) is 6.45. The summed E-state index contributed by atoms with van der Waals surface area (Å²) in [5, 5.41) is 3.42. The second-order valence-corrected chi connectivity index (χ2v) is 5.73. The predicted molar refractivity (Wildman–Crippen MR) is 87.8 cm³/mol. The Bertz CT molecular complexity index is 491. The molecule has 0 aliphatic carbocycles. The van der Waals surface area contributed by atoms with Crippen LogP contribution in [0.3, 0.4) is 0 Å². The fraction of sp³-hybridized carbons (Fsp3) is 0.500. The highest BCUT2D eigenvalue weighted by molar-refractivity contribution is 6.30. The van der Waals surface area contributed by atoms with E-state index in [1.165, 1.54) is 0 Å². The number of halogens is 1. The van der Waals surface area contributed by atoms with Gasteiger partial charge in [0.15, 0.2) is 6.54 Å². The van der Waals surface area contributed by atoms with Crippen molar-refractivity contribution >= 4 is 23.4 Å². The average Bonchev–Trinajstić information content (AvgIpc) is 2.47. The Morgan fingerprint density at radius 1 is 1.23 bits per heavy atom. The molecule has 1 rings (SSSR count). The fourth-order valence-corrected chi connectivity index (χ4v) is 2.31. The van der Waals surface area contributed by atoms with Gasteiger partial charge in [-0.05, 0) is 26.0 Å². The largest absolute Gasteiger partial charge is 0.355 e. The van der Waals surface area contributed by atoms with Crippen LogP contribution in [0.1, 0.15) is 19.4 Å². The van der Waals surface area contributed by atoms with Crippen LogP contribution in [0.25, 0.3) is 0 Å². The van der Waals surface area contributed by atoms with E-state index in [1.54, 1.807) is 4.90 Å². The minimum absolute atomic E-state index is 0.0137. The smallest absolute Gasteiger partial charge is 0.278 e. The van der Waals surface area contributed by atoms with Crippen LogP contribution in [-0.4, -0.2) is 49.9 Å². The molecule has 1 aromatic carbocycles. The van der Waals surface area contributed by atoms with E-state index in [-0.39, 0.29) is 18.4 Å². The quantitative estimate of drug-likeness (QED) is 0.724. The van der Waals surface area contributed by atoms with Crippen LogP contribution in [0.2, 0.25) is 5.02 Å². The molecule has 122 valence electrons. The normalized spacial score (nSPS) is 11.8. The number of hydrogen-bond donors (Lipinski definition) is 2. The Kier molecular flexibility index (Phi) is 7.91. The highest BCUT2D eigenvalue weighted by atomic mass is 35.5. The number of benzene rings is 1. The van der Waals surface area contributed by atoms with Gasteiger partial charge in [-0.3, -0.25) is 9.59 Å². The Morgan fingerprint density at radius 2 is 1.86 bits per heavy atom. The molecule has 1 atom stereocenters. The van der Waals surface area contributed by atoms with Crippen molar-refractivity contribution in [3.63, 3.8) is 0 Å². The number of nitrogens with one attached hydrogen (secondary N) is 2. The molecule has 5 nitrogen and oxygen atoms in total. The molecule has 6 heteroatoms. The molecule has 0 radical (unpaired) electrons. The number of nitrogens with zero attached hydrogens (tertiary/aromatic N) is 1. The summed E-state index contributed by atoms with van der Waals surface area (Å²) in [5.41, 5.74) is 1.13. The molecule has 22 heavy (non-hydrogen) atoms. The van der Waals surface area contributed by atoms with E-state index < -0.39 is 0 Å². The molecular formula is C16H25ClN3O2+. The number of carbonyl (C=O) groups is 2. The zero-order chi connectivity index (χ0) is 16.5. The van der Waals surface area contributed by atoms with Crippen molar-refractivity contribution in [3.05, 3.63) is 34.9 Å². The van der Waals surface area contributed by atoms with Crippen molar-refractivity contribution in [2.24, 2.45) is 0 Å². The number of rotatable bonds is 8. The topological polar surface area (TPSA) is 53.9 Å². The van der Waals surface area contributed by atoms with Crippen molar-refractivity contribution in [3.8, 4) is 0 Å². The zero-order valence-electron chi connectivity index (χ0n) is 13.5. The maximum atomic E-state index is 12.3. The number of carbonyl (C=O) groups excluding carboxylic acids is 2. The lowest BCUT2D eigenvalue weighted by molar-refractivity contribution is -0.885. The van der Waals surface area contributed by atoms with Crippen molar-refractivity contribution in [2.45, 2.75) is 20.4 Å². The van der Waals surface area contributed by atoms with Gasteiger partial charge in [0.05, 0.1) is 13.6 Å². The number of hydrogen-bond acceptors (Lipinski definition) is 2. The second-order valence-electron chi connectivity index (χ2n) is 5.30. The van der Waals surface area contributed by atoms with Gasteiger partial charge in [-0.25, -0.2) is 0 Å². The van der Waals surface area contributed by atoms with E-state index in [0.717, 1.165) is 17.0 Å². The lowest BCUT2D eigenvalue weighted by atomic mass is 10.2. The molecule has 0 heterocycles. The molecular weight excluding hydrogens is 302 g/mol. The van der Waals surface area contributed by atoms with E-state index in [1.807, 2.05) is 45.2 Å². The van der Waals surface area contributed by atoms with Crippen LogP contribution >= 0.6 is 11.6 Å². The lowest BCUT2D eigenvalue weighted by Crippen LogP contribution is -3.08. The van der Waals surface area contributed by atoms with Gasteiger partial charge >= 0.3 is 0 Å². The maximum Gasteiger partial charge on any atom is 0.278 e. The number of quaternary nitrogens is 1. The SMILES string of the molecule is CCNC(=O)CN(CC)C(=O)C[NH+](C)Cc1ccc(Cl)cc1. The zero-order valence-corrected chi connectivity index (χ0v) is 14.2. The van der Waals surface area contributed by atoms with Gasteiger partial charge < -0.3 is 15.1 Å². The van der Waals surface area contributed by atoms with Gasteiger partial charge in [0, 0.05) is 23.7 Å². The van der Waals surface area contributed by atoms with Crippen molar-refractivity contribution in [1.29, 1.82) is 0 Å². The fourth-order valence-electron chi connectivity index (χ4n) is 2.19. The summed E-state index contributed by atoms with van der Waals surface area (Å²) in [7, 11) is 1.96. The minimum atomic E-state index is -0.118. The summed E-state index contributed by atoms with van der Waals surface area (Å²) >= 11 is 5.86. The number of likely N-dealkylation sites (N-methyl/N-ethyl adjacent to an activating group) is 3. The van der Waals surface area contributed by atoms with Crippen molar-refractivity contribution < 1.29 is 14.5 Å². The third-order valence-electron chi connectivity index (χ3n) is 3.31. The predicted octanol–water partition coefficient (Wildman–Crippen LogP) is 0.339. The van der Waals surface area contributed by atoms with E-state index in [4.69, 9.17) is 11.6 Å². The minimum Gasteiger partial charge on any atom is -0.355 e. The molecule has 0 saturated carbocycles. The summed E-state index contributed by atoms with van der Waals surface area (Å²) < 4.78 is 0. The van der Waals surface area contributed by atoms with Crippen LogP contribution in [0, 0.1) is 0 Å². The monoisotopic (exact) mass is 326 g/mol. The van der Waals surface area contributed by atoms with E-state index in [9.17, 15) is 9.59 Å². The average molecular weight is 327 g/mol. The molecule has 0 bridgehead atoms. The van der Waals surface area contributed by atoms with Crippen LogP contribution in [0.5, 0.6) is 0 Å². The van der Waals surface area contributed by atoms with Gasteiger partial charge in [-0.15, -0.1) is 0 Å². The molecule has 0 spiro atoms. The van der Waals surface area contributed by atoms with Gasteiger partial charge in [-0.1, -0.05) is 23.7 Å². The molecule has 2 amide bonds. The Balaban J connectivity index is 2.50. The van der Waals surface area contributed by atoms with E-state index in [2.05, 4.69) is 5.32 Å². The first-order valence-electron chi connectivity index (χ1n) is 7.56. The number of amides is 2. The van der Waals surface area contributed by atoms with Crippen molar-refractivity contribution in [2.75, 3.05) is 33.2 Å². The maximum absolute atomic E-state index is 12.3. The molecule has 0 fully saturated rings. The van der Waals surface area contributed by atoms with E-state index in [0.29, 0.717) is 24.7 Å². The molecule has 0 aliphatic rings. The summed E-state index contributed by atoms with van der Waals surface area (Å²) in [5.74, 6) is -0.131. The van der Waals surface area contributed by atoms with Crippen LogP contribution in [0.15, 0.2) is 24.3 Å². The molecule has 0 saturated heterocycles. The molecule has 1 unspecified atom stereocenters. The molecule has 0 aromatic heterocycles. The highest BCUT2D eigenvalue weighted by Gasteiger charge is 2.19. The Hall–Kier alpha value is -1.59. The summed E-state index contributed by atoms with van der Waals surface area (Å²) in [6.07, 6.45) is 0. The summed E-state index contributed by atoms with van der Waals surface area (Å²) in [4.78, 5) is 26.5. The first-order chi connectivity index (χ1) is 10.5. The van der Waals surface area contributed by atoms with Gasteiger partial charge in [-0.2, -0.15) is 0 Å². The van der Waals surface area contributed by atoms with Gasteiger partial charge in [0.1, 0.15) is 6.54 Å². The van der Waals surface area contributed by atoms with Gasteiger partial charge in [0.2, 0.25) is 5.91 Å². The summed E-state index contributed by atoms with van der Waals surface area (Å²) in [6.45, 7) is 6.07. The van der Waals surface area contributed by atoms with Crippen LogP contribution in [0.4, 0.5) is 0 Å². The van der Waals surface area contributed by atoms with Gasteiger partial charge in [0.25, 0.3) is 5.91 Å². The second kappa shape index (κ2) is 9.43. The third-order valence-corrected chi connectivity index (χ3v) is 3.57. The molecule has 0 aliphatic heterocycles. The Morgan fingerprint density at radius 3 is 2.41 bits per heavy atom. The summed E-state index contributed by atoms with van der Waals surface area (Å²) in [6, 6.07) is 7.62. The Labute approximate surface area is 137 Å². The first-order valence-corrected chi connectivity index (χ1v) is 7.94. The van der Waals surface area contributed by atoms with Crippen molar-refractivity contribution in [1.82, 2.24) is 10.2 Å².